The lowest BCUT2D eigenvalue weighted by Crippen LogP contribution is -2.17. The highest BCUT2D eigenvalue weighted by molar-refractivity contribution is 5.74. The maximum atomic E-state index is 11.6. The van der Waals surface area contributed by atoms with Gasteiger partial charge < -0.3 is 19.2 Å². The monoisotopic (exact) mass is 471 g/mol. The first-order valence-electron chi connectivity index (χ1n) is 12.0. The van der Waals surface area contributed by atoms with E-state index in [0.29, 0.717) is 12.6 Å². The Morgan fingerprint density at radius 1 is 1.11 bits per heavy atom. The zero-order valence-electron chi connectivity index (χ0n) is 20.0. The van der Waals surface area contributed by atoms with Crippen molar-refractivity contribution in [3.8, 4) is 16.9 Å². The van der Waals surface area contributed by atoms with Crippen molar-refractivity contribution in [1.82, 2.24) is 19.4 Å². The number of ether oxygens (including phenoxy) is 2. The van der Waals surface area contributed by atoms with Gasteiger partial charge in [-0.15, -0.1) is 0 Å². The van der Waals surface area contributed by atoms with Crippen LogP contribution in [0.5, 0.6) is 5.75 Å². The summed E-state index contributed by atoms with van der Waals surface area (Å²) < 4.78 is 12.9. The topological polar surface area (TPSA) is 90.6 Å². The van der Waals surface area contributed by atoms with Crippen LogP contribution in [-0.4, -0.2) is 45.6 Å². The molecule has 4 aromatic rings. The lowest BCUT2D eigenvalue weighted by atomic mass is 9.90. The molecular formula is C27H29N5O3. The number of aromatic nitrogens is 4. The largest absolute Gasteiger partial charge is 0.496 e. The van der Waals surface area contributed by atoms with E-state index in [0.717, 1.165) is 53.9 Å². The maximum absolute atomic E-state index is 11.6. The van der Waals surface area contributed by atoms with Gasteiger partial charge in [-0.05, 0) is 44.4 Å². The van der Waals surface area contributed by atoms with Crippen molar-refractivity contribution in [3.05, 3.63) is 71.9 Å². The van der Waals surface area contributed by atoms with Gasteiger partial charge in [0.1, 0.15) is 17.9 Å². The second-order valence-electron chi connectivity index (χ2n) is 8.58. The molecule has 0 aliphatic heterocycles. The Balaban J connectivity index is 1.49. The van der Waals surface area contributed by atoms with Crippen LogP contribution in [0.25, 0.3) is 16.8 Å². The Bertz CT molecular complexity index is 1330. The number of imidazole rings is 1. The van der Waals surface area contributed by atoms with Crippen molar-refractivity contribution in [3.63, 3.8) is 0 Å². The summed E-state index contributed by atoms with van der Waals surface area (Å²) >= 11 is 0. The average molecular weight is 472 g/mol. The molecule has 3 aromatic heterocycles. The van der Waals surface area contributed by atoms with Gasteiger partial charge in [-0.1, -0.05) is 24.6 Å². The molecule has 5 rings (SSSR count). The Hall–Kier alpha value is -3.94. The van der Waals surface area contributed by atoms with Gasteiger partial charge in [-0.25, -0.2) is 15.0 Å². The summed E-state index contributed by atoms with van der Waals surface area (Å²) in [5.74, 6) is 1.17. The third kappa shape index (κ3) is 4.69. The summed E-state index contributed by atoms with van der Waals surface area (Å²) in [6, 6.07) is 12.4. The standard InChI is InChI=1S/C27H29N5O3/c1-3-35-25(33)16-30-27-28-14-19(15-29-27)18-12-13-24-31-22-10-6-4-9-21(26(22)32(24)17-18)20-8-5-7-11-23(20)34-2/h5,7-8,11-15,17,21H,3-4,6,9-10,16H2,1-2H3,(H,28,29,30). The molecule has 0 saturated carbocycles. The van der Waals surface area contributed by atoms with Gasteiger partial charge in [-0.2, -0.15) is 0 Å². The van der Waals surface area contributed by atoms with Crippen molar-refractivity contribution in [1.29, 1.82) is 0 Å². The van der Waals surface area contributed by atoms with Gasteiger partial charge in [0.25, 0.3) is 0 Å². The molecule has 0 fully saturated rings. The van der Waals surface area contributed by atoms with Crippen LogP contribution in [0.2, 0.25) is 0 Å². The number of aryl methyl sites for hydroxylation is 1. The predicted molar refractivity (Wildman–Crippen MR) is 134 cm³/mol. The number of benzene rings is 1. The Morgan fingerprint density at radius 3 is 2.74 bits per heavy atom. The van der Waals surface area contributed by atoms with E-state index >= 15 is 0 Å². The van der Waals surface area contributed by atoms with E-state index < -0.39 is 0 Å². The normalized spacial score (nSPS) is 15.3. The number of anilines is 1. The molecular weight excluding hydrogens is 442 g/mol. The van der Waals surface area contributed by atoms with E-state index in [2.05, 4.69) is 44.1 Å². The number of nitrogens with zero attached hydrogens (tertiary/aromatic N) is 4. The fourth-order valence-corrected chi connectivity index (χ4v) is 4.80. The third-order valence-corrected chi connectivity index (χ3v) is 6.41. The SMILES string of the molecule is CCOC(=O)CNc1ncc(-c2ccc3nc4c(n3c2)C(c2ccccc2OC)CCCC4)cn1. The highest BCUT2D eigenvalue weighted by Crippen LogP contribution is 2.40. The van der Waals surface area contributed by atoms with Crippen LogP contribution < -0.4 is 10.1 Å². The second-order valence-corrected chi connectivity index (χ2v) is 8.58. The maximum Gasteiger partial charge on any atom is 0.325 e. The summed E-state index contributed by atoms with van der Waals surface area (Å²) in [4.78, 5) is 25.3. The fourth-order valence-electron chi connectivity index (χ4n) is 4.80. The number of nitrogens with one attached hydrogen (secondary N) is 1. The molecule has 0 saturated heterocycles. The third-order valence-electron chi connectivity index (χ3n) is 6.41. The van der Waals surface area contributed by atoms with Crippen LogP contribution >= 0.6 is 0 Å². The van der Waals surface area contributed by atoms with Crippen LogP contribution in [0.1, 0.15) is 49.1 Å². The molecule has 8 nitrogen and oxygen atoms in total. The molecule has 0 radical (unpaired) electrons. The molecule has 8 heteroatoms. The van der Waals surface area contributed by atoms with Crippen LogP contribution in [-0.2, 0) is 16.0 Å². The van der Waals surface area contributed by atoms with E-state index in [4.69, 9.17) is 14.5 Å². The molecule has 1 aromatic carbocycles. The van der Waals surface area contributed by atoms with Crippen LogP contribution in [0, 0.1) is 0 Å². The lowest BCUT2D eigenvalue weighted by Gasteiger charge is -2.19. The Kier molecular flexibility index (Phi) is 6.61. The zero-order valence-corrected chi connectivity index (χ0v) is 20.0. The van der Waals surface area contributed by atoms with E-state index in [1.54, 1.807) is 26.4 Å². The molecule has 1 aliphatic rings. The summed E-state index contributed by atoms with van der Waals surface area (Å²) in [7, 11) is 1.73. The molecule has 1 aliphatic carbocycles. The summed E-state index contributed by atoms with van der Waals surface area (Å²) in [5.41, 5.74) is 6.42. The summed E-state index contributed by atoms with van der Waals surface area (Å²) in [6.45, 7) is 2.15. The molecule has 0 spiro atoms. The molecule has 0 amide bonds. The summed E-state index contributed by atoms with van der Waals surface area (Å²) in [5, 5.41) is 2.89. The van der Waals surface area contributed by atoms with Gasteiger partial charge in [-0.3, -0.25) is 4.79 Å². The Labute approximate surface area is 204 Å². The number of hydrogen-bond donors (Lipinski definition) is 1. The number of para-hydroxylation sites is 1. The van der Waals surface area contributed by atoms with Crippen molar-refractivity contribution in [2.75, 3.05) is 25.6 Å². The number of fused-ring (bicyclic) bond motifs is 3. The highest BCUT2D eigenvalue weighted by Gasteiger charge is 2.27. The van der Waals surface area contributed by atoms with Crippen LogP contribution in [0.4, 0.5) is 5.95 Å². The average Bonchev–Trinajstić information content (AvgIpc) is 3.12. The molecule has 3 heterocycles. The van der Waals surface area contributed by atoms with E-state index in [1.807, 2.05) is 18.2 Å². The van der Waals surface area contributed by atoms with Gasteiger partial charge >= 0.3 is 5.97 Å². The minimum absolute atomic E-state index is 0.0324. The van der Waals surface area contributed by atoms with Gasteiger partial charge in [0.15, 0.2) is 0 Å². The first-order chi connectivity index (χ1) is 17.2. The lowest BCUT2D eigenvalue weighted by molar-refractivity contribution is -0.140. The van der Waals surface area contributed by atoms with E-state index in [1.165, 1.54) is 11.3 Å². The van der Waals surface area contributed by atoms with Crippen molar-refractivity contribution >= 4 is 17.6 Å². The minimum Gasteiger partial charge on any atom is -0.496 e. The molecule has 1 N–H and O–H groups in total. The van der Waals surface area contributed by atoms with E-state index in [9.17, 15) is 4.79 Å². The zero-order chi connectivity index (χ0) is 24.2. The van der Waals surface area contributed by atoms with Gasteiger partial charge in [0.05, 0.1) is 25.1 Å². The van der Waals surface area contributed by atoms with Crippen molar-refractivity contribution in [2.24, 2.45) is 0 Å². The molecule has 1 atom stereocenters. The van der Waals surface area contributed by atoms with Crippen molar-refractivity contribution < 1.29 is 14.3 Å². The van der Waals surface area contributed by atoms with Gasteiger partial charge in [0, 0.05) is 41.2 Å². The number of carbonyl (C=O) groups is 1. The molecule has 35 heavy (non-hydrogen) atoms. The van der Waals surface area contributed by atoms with Crippen LogP contribution in [0.15, 0.2) is 55.0 Å². The highest BCUT2D eigenvalue weighted by atomic mass is 16.5. The Morgan fingerprint density at radius 2 is 1.94 bits per heavy atom. The number of methoxy groups -OCH3 is 1. The molecule has 0 bridgehead atoms. The van der Waals surface area contributed by atoms with Crippen molar-refractivity contribution in [2.45, 2.75) is 38.5 Å². The summed E-state index contributed by atoms with van der Waals surface area (Å²) in [6.07, 6.45) is 9.94. The number of pyridine rings is 1. The smallest absolute Gasteiger partial charge is 0.325 e. The second kappa shape index (κ2) is 10.1. The number of esters is 1. The van der Waals surface area contributed by atoms with Gasteiger partial charge in [0.2, 0.25) is 5.95 Å². The predicted octanol–water partition coefficient (Wildman–Crippen LogP) is 4.63. The first kappa shape index (κ1) is 22.8. The number of carbonyl (C=O) groups excluding carboxylic acids is 1. The first-order valence-corrected chi connectivity index (χ1v) is 12.0. The quantitative estimate of drug-likeness (QED) is 0.310. The fraction of sp³-hybridized carbons (Fsp3) is 0.333. The molecule has 1 unspecified atom stereocenters. The minimum atomic E-state index is -0.337. The van der Waals surface area contributed by atoms with Crippen LogP contribution in [0.3, 0.4) is 0 Å². The molecule has 180 valence electrons. The number of rotatable bonds is 7. The number of hydrogen-bond acceptors (Lipinski definition) is 7. The van der Waals surface area contributed by atoms with E-state index in [-0.39, 0.29) is 18.4 Å².